The van der Waals surface area contributed by atoms with E-state index in [1.807, 2.05) is 7.05 Å². The molecule has 11 heavy (non-hydrogen) atoms. The largest absolute Gasteiger partial charge is 0.384 e. The van der Waals surface area contributed by atoms with Gasteiger partial charge in [-0.15, -0.1) is 0 Å². The van der Waals surface area contributed by atoms with Gasteiger partial charge in [0.05, 0.1) is 6.04 Å². The Kier molecular flexibility index (Phi) is 2.99. The van der Waals surface area contributed by atoms with E-state index in [4.69, 9.17) is 5.11 Å². The van der Waals surface area contributed by atoms with Crippen LogP contribution in [-0.4, -0.2) is 55.1 Å². The minimum atomic E-state index is -0.863. The SMILES string of the molecule is CN1CCNC(C(O)C=O)C1. The highest BCUT2D eigenvalue weighted by Gasteiger charge is 2.22. The van der Waals surface area contributed by atoms with E-state index < -0.39 is 6.10 Å². The molecule has 4 nitrogen and oxygen atoms in total. The number of hydrogen-bond donors (Lipinski definition) is 2. The van der Waals surface area contributed by atoms with Crippen LogP contribution in [0.1, 0.15) is 0 Å². The normalized spacial score (nSPS) is 29.8. The van der Waals surface area contributed by atoms with E-state index in [1.165, 1.54) is 0 Å². The van der Waals surface area contributed by atoms with Crippen molar-refractivity contribution >= 4 is 6.29 Å². The lowest BCUT2D eigenvalue weighted by atomic mass is 10.1. The summed E-state index contributed by atoms with van der Waals surface area (Å²) in [6.45, 7) is 2.55. The van der Waals surface area contributed by atoms with Gasteiger partial charge in [0.25, 0.3) is 0 Å². The van der Waals surface area contributed by atoms with Gasteiger partial charge in [-0.2, -0.15) is 0 Å². The first-order valence-electron chi connectivity index (χ1n) is 3.79. The molecular formula is C7H14N2O2. The predicted octanol–water partition coefficient (Wildman–Crippen LogP) is -1.55. The Morgan fingerprint density at radius 1 is 1.82 bits per heavy atom. The highest BCUT2D eigenvalue weighted by Crippen LogP contribution is 1.98. The summed E-state index contributed by atoms with van der Waals surface area (Å²) >= 11 is 0. The van der Waals surface area contributed by atoms with Gasteiger partial charge in [0, 0.05) is 19.6 Å². The predicted molar refractivity (Wildman–Crippen MR) is 41.4 cm³/mol. The zero-order valence-corrected chi connectivity index (χ0v) is 6.66. The van der Waals surface area contributed by atoms with Crippen LogP contribution in [0.2, 0.25) is 0 Å². The van der Waals surface area contributed by atoms with Gasteiger partial charge in [-0.3, -0.25) is 0 Å². The Hall–Kier alpha value is -0.450. The Morgan fingerprint density at radius 2 is 2.55 bits per heavy atom. The third-order valence-electron chi connectivity index (χ3n) is 1.96. The summed E-state index contributed by atoms with van der Waals surface area (Å²) in [7, 11) is 1.98. The van der Waals surface area contributed by atoms with Crippen molar-refractivity contribution in [1.29, 1.82) is 0 Å². The van der Waals surface area contributed by atoms with E-state index in [2.05, 4.69) is 10.2 Å². The van der Waals surface area contributed by atoms with E-state index in [0.717, 1.165) is 19.6 Å². The molecule has 0 aromatic carbocycles. The number of rotatable bonds is 2. The minimum Gasteiger partial charge on any atom is -0.384 e. The summed E-state index contributed by atoms with van der Waals surface area (Å²) in [5, 5.41) is 12.2. The fourth-order valence-corrected chi connectivity index (χ4v) is 1.26. The molecule has 0 aliphatic carbocycles. The van der Waals surface area contributed by atoms with Crippen LogP contribution in [0, 0.1) is 0 Å². The fraction of sp³-hybridized carbons (Fsp3) is 0.857. The van der Waals surface area contributed by atoms with Crippen molar-refractivity contribution < 1.29 is 9.90 Å². The number of aldehydes is 1. The molecule has 0 aromatic rings. The van der Waals surface area contributed by atoms with Crippen LogP contribution in [0.15, 0.2) is 0 Å². The summed E-state index contributed by atoms with van der Waals surface area (Å²) in [6.07, 6.45) is -0.283. The highest BCUT2D eigenvalue weighted by atomic mass is 16.3. The molecule has 2 atom stereocenters. The van der Waals surface area contributed by atoms with Gasteiger partial charge in [-0.25, -0.2) is 0 Å². The standard InChI is InChI=1S/C7H14N2O2/c1-9-3-2-8-6(4-9)7(11)5-10/h5-8,11H,2-4H2,1H3. The number of nitrogens with one attached hydrogen (secondary N) is 1. The first-order chi connectivity index (χ1) is 5.24. The van der Waals surface area contributed by atoms with E-state index in [-0.39, 0.29) is 6.04 Å². The molecule has 0 radical (unpaired) electrons. The topological polar surface area (TPSA) is 52.6 Å². The van der Waals surface area contributed by atoms with E-state index in [0.29, 0.717) is 6.29 Å². The lowest BCUT2D eigenvalue weighted by Crippen LogP contribution is -2.54. The summed E-state index contributed by atoms with van der Waals surface area (Å²) in [6, 6.07) is -0.0914. The number of carbonyl (C=O) groups is 1. The maximum absolute atomic E-state index is 10.2. The monoisotopic (exact) mass is 158 g/mol. The maximum atomic E-state index is 10.2. The van der Waals surface area contributed by atoms with Gasteiger partial charge in [-0.05, 0) is 7.05 Å². The van der Waals surface area contributed by atoms with E-state index in [9.17, 15) is 4.79 Å². The molecule has 0 aromatic heterocycles. The number of likely N-dealkylation sites (N-methyl/N-ethyl adjacent to an activating group) is 1. The quantitative estimate of drug-likeness (QED) is 0.478. The molecule has 64 valence electrons. The molecule has 1 fully saturated rings. The van der Waals surface area contributed by atoms with E-state index >= 15 is 0 Å². The molecule has 1 aliphatic rings. The summed E-state index contributed by atoms with van der Waals surface area (Å²) in [4.78, 5) is 12.3. The Bertz CT molecular complexity index is 140. The smallest absolute Gasteiger partial charge is 0.150 e. The number of carbonyl (C=O) groups excluding carboxylic acids is 1. The van der Waals surface area contributed by atoms with Crippen molar-refractivity contribution in [2.45, 2.75) is 12.1 Å². The van der Waals surface area contributed by atoms with Gasteiger partial charge >= 0.3 is 0 Å². The first kappa shape index (κ1) is 8.64. The van der Waals surface area contributed by atoms with Crippen molar-refractivity contribution in [3.05, 3.63) is 0 Å². The van der Waals surface area contributed by atoms with Crippen LogP contribution in [0.5, 0.6) is 0 Å². The minimum absolute atomic E-state index is 0.0914. The highest BCUT2D eigenvalue weighted by molar-refractivity contribution is 5.57. The van der Waals surface area contributed by atoms with Crippen LogP contribution < -0.4 is 5.32 Å². The van der Waals surface area contributed by atoms with Crippen molar-refractivity contribution in [2.75, 3.05) is 26.7 Å². The average Bonchev–Trinajstić information content (AvgIpc) is 2.03. The summed E-state index contributed by atoms with van der Waals surface area (Å²) < 4.78 is 0. The molecule has 0 amide bonds. The van der Waals surface area contributed by atoms with Gasteiger partial charge in [-0.1, -0.05) is 0 Å². The number of nitrogens with zero attached hydrogens (tertiary/aromatic N) is 1. The molecule has 1 rings (SSSR count). The molecule has 0 spiro atoms. The van der Waals surface area contributed by atoms with Gasteiger partial charge in [0.1, 0.15) is 12.4 Å². The number of hydrogen-bond acceptors (Lipinski definition) is 4. The summed E-state index contributed by atoms with van der Waals surface area (Å²) in [5.74, 6) is 0. The summed E-state index contributed by atoms with van der Waals surface area (Å²) in [5.41, 5.74) is 0. The van der Waals surface area contributed by atoms with Crippen LogP contribution in [0.4, 0.5) is 0 Å². The molecular weight excluding hydrogens is 144 g/mol. The molecule has 1 saturated heterocycles. The molecule has 1 heterocycles. The molecule has 1 aliphatic heterocycles. The number of piperazine rings is 1. The first-order valence-corrected chi connectivity index (χ1v) is 3.79. The Morgan fingerprint density at radius 3 is 3.09 bits per heavy atom. The lowest BCUT2D eigenvalue weighted by Gasteiger charge is -2.31. The Labute approximate surface area is 66.2 Å². The van der Waals surface area contributed by atoms with Crippen molar-refractivity contribution in [3.63, 3.8) is 0 Å². The number of aliphatic hydroxyl groups is 1. The lowest BCUT2D eigenvalue weighted by molar-refractivity contribution is -0.116. The second-order valence-corrected chi connectivity index (χ2v) is 2.95. The molecule has 2 N–H and O–H groups in total. The molecule has 4 heteroatoms. The van der Waals surface area contributed by atoms with Gasteiger partial charge in [0.15, 0.2) is 0 Å². The Balaban J connectivity index is 2.38. The van der Waals surface area contributed by atoms with Crippen LogP contribution in [0.3, 0.4) is 0 Å². The zero-order valence-electron chi connectivity index (χ0n) is 6.66. The molecule has 0 saturated carbocycles. The number of aliphatic hydroxyl groups excluding tert-OH is 1. The maximum Gasteiger partial charge on any atom is 0.150 e. The third-order valence-corrected chi connectivity index (χ3v) is 1.96. The second-order valence-electron chi connectivity index (χ2n) is 2.95. The van der Waals surface area contributed by atoms with Crippen LogP contribution in [-0.2, 0) is 4.79 Å². The van der Waals surface area contributed by atoms with Crippen molar-refractivity contribution in [2.24, 2.45) is 0 Å². The third kappa shape index (κ3) is 2.25. The van der Waals surface area contributed by atoms with Crippen molar-refractivity contribution in [3.8, 4) is 0 Å². The van der Waals surface area contributed by atoms with E-state index in [1.54, 1.807) is 0 Å². The average molecular weight is 158 g/mol. The van der Waals surface area contributed by atoms with Gasteiger partial charge in [0.2, 0.25) is 0 Å². The molecule has 0 bridgehead atoms. The van der Waals surface area contributed by atoms with Crippen molar-refractivity contribution in [1.82, 2.24) is 10.2 Å². The fourth-order valence-electron chi connectivity index (χ4n) is 1.26. The molecule has 2 unspecified atom stereocenters. The van der Waals surface area contributed by atoms with Gasteiger partial charge < -0.3 is 20.1 Å². The zero-order chi connectivity index (χ0) is 8.27. The van der Waals surface area contributed by atoms with Crippen LogP contribution >= 0.6 is 0 Å². The van der Waals surface area contributed by atoms with Crippen LogP contribution in [0.25, 0.3) is 0 Å². The second kappa shape index (κ2) is 3.80.